The maximum absolute atomic E-state index is 10.7. The van der Waals surface area contributed by atoms with E-state index in [2.05, 4.69) is 14.5 Å². The number of aromatic nitrogens is 4. The summed E-state index contributed by atoms with van der Waals surface area (Å²) >= 11 is 0. The smallest absolute Gasteiger partial charge is 1.00 e. The molecule has 0 aliphatic carbocycles. The first kappa shape index (κ1) is 20.5. The zero-order chi connectivity index (χ0) is 17.6. The Morgan fingerprint density at radius 1 is 1.32 bits per heavy atom. The minimum atomic E-state index is -4.76. The molecule has 0 bridgehead atoms. The first-order chi connectivity index (χ1) is 11.2. The van der Waals surface area contributed by atoms with E-state index in [9.17, 15) is 20.0 Å². The Hall–Kier alpha value is -0.860. The Bertz CT molecular complexity index is 873. The maximum atomic E-state index is 10.7. The number of nitrogens with one attached hydrogen (secondary N) is 1. The molecule has 0 aromatic carbocycles. The van der Waals surface area contributed by atoms with Crippen LogP contribution in [0, 0.1) is 5.41 Å². The third kappa shape index (κ3) is 3.95. The van der Waals surface area contributed by atoms with Gasteiger partial charge in [-0.1, -0.05) is 0 Å². The number of phosphoric acid groups is 1. The number of hydrogen-bond acceptors (Lipinski definition) is 9. The van der Waals surface area contributed by atoms with Crippen LogP contribution in [-0.2, 0) is 13.8 Å². The molecule has 3 rings (SSSR count). The van der Waals surface area contributed by atoms with Gasteiger partial charge in [0.15, 0.2) is 22.9 Å². The molecule has 0 unspecified atom stereocenters. The quantitative estimate of drug-likeness (QED) is 0.168. The van der Waals surface area contributed by atoms with Gasteiger partial charge in [-0.25, -0.2) is 14.5 Å². The largest absolute Gasteiger partial charge is 1.00 e. The van der Waals surface area contributed by atoms with E-state index in [1.165, 1.54) is 10.9 Å². The molecule has 1 fully saturated rings. The Morgan fingerprint density at radius 2 is 2.00 bits per heavy atom. The second kappa shape index (κ2) is 7.40. The van der Waals surface area contributed by atoms with Crippen LogP contribution in [0.4, 0.5) is 0 Å². The second-order valence-electron chi connectivity index (χ2n) is 5.09. The SMILES string of the molecule is N=c1c2ncn([C@@H]3O[C@H](COP(=O)(O)O)[C@@H](O)[C@H]3O)c2ncn1O.[H-].[Na+]. The van der Waals surface area contributed by atoms with E-state index in [-0.39, 0.29) is 47.6 Å². The van der Waals surface area contributed by atoms with E-state index in [4.69, 9.17) is 19.9 Å². The van der Waals surface area contributed by atoms with Crippen molar-refractivity contribution >= 4 is 19.0 Å². The van der Waals surface area contributed by atoms with Crippen molar-refractivity contribution in [2.24, 2.45) is 0 Å². The predicted molar refractivity (Wildman–Crippen MR) is 73.6 cm³/mol. The van der Waals surface area contributed by atoms with Crippen LogP contribution in [-0.4, -0.2) is 69.4 Å². The van der Waals surface area contributed by atoms with E-state index in [1.807, 2.05) is 0 Å². The van der Waals surface area contributed by atoms with Gasteiger partial charge < -0.3 is 31.4 Å². The van der Waals surface area contributed by atoms with Gasteiger partial charge in [0.1, 0.15) is 24.6 Å². The summed E-state index contributed by atoms with van der Waals surface area (Å²) in [5.74, 6) is 0. The van der Waals surface area contributed by atoms with Gasteiger partial charge in [-0.3, -0.25) is 14.5 Å². The zero-order valence-electron chi connectivity index (χ0n) is 13.9. The number of ether oxygens (including phenoxy) is 1. The summed E-state index contributed by atoms with van der Waals surface area (Å²) in [6.45, 7) is -0.639. The molecular formula is C10H15N5NaO8P. The molecule has 0 saturated carbocycles. The van der Waals surface area contributed by atoms with Crippen molar-refractivity contribution in [3.63, 3.8) is 0 Å². The third-order valence-electron chi connectivity index (χ3n) is 3.53. The molecule has 0 spiro atoms. The van der Waals surface area contributed by atoms with Crippen LogP contribution in [0.1, 0.15) is 7.65 Å². The third-order valence-corrected chi connectivity index (χ3v) is 4.01. The number of nitrogens with zero attached hydrogens (tertiary/aromatic N) is 4. The Kier molecular flexibility index (Phi) is 6.06. The van der Waals surface area contributed by atoms with E-state index in [1.54, 1.807) is 0 Å². The second-order valence-corrected chi connectivity index (χ2v) is 6.33. The minimum Gasteiger partial charge on any atom is -1.00 e. The summed E-state index contributed by atoms with van der Waals surface area (Å²) < 4.78 is 22.1. The van der Waals surface area contributed by atoms with E-state index in [0.29, 0.717) is 4.73 Å². The molecule has 134 valence electrons. The van der Waals surface area contributed by atoms with Crippen molar-refractivity contribution in [3.05, 3.63) is 18.1 Å². The van der Waals surface area contributed by atoms with Crippen molar-refractivity contribution in [2.75, 3.05) is 6.61 Å². The molecule has 4 atom stereocenters. The molecule has 15 heteroatoms. The standard InChI is InChI=1S/C10H14N5O8P.Na.H/c11-8-5-9(13-3-15(8)18)14(2-12-5)10-7(17)6(16)4(23-10)1-22-24(19,20)21;;/h2-4,6-7,10-11,16-18H,1H2,(H2,19,20,21);;/q;+1;-1/t4-,6-,7-,10-;;/m1../s1. The van der Waals surface area contributed by atoms with Crippen LogP contribution in [0.25, 0.3) is 11.2 Å². The van der Waals surface area contributed by atoms with Crippen LogP contribution in [0.5, 0.6) is 0 Å². The Labute approximate surface area is 163 Å². The van der Waals surface area contributed by atoms with Gasteiger partial charge >= 0.3 is 37.4 Å². The molecule has 2 aromatic heterocycles. The van der Waals surface area contributed by atoms with Crippen LogP contribution < -0.4 is 35.0 Å². The van der Waals surface area contributed by atoms with Crippen LogP contribution >= 0.6 is 7.82 Å². The van der Waals surface area contributed by atoms with Crippen molar-refractivity contribution < 1.29 is 70.0 Å². The molecule has 1 aliphatic rings. The van der Waals surface area contributed by atoms with Crippen LogP contribution in [0.3, 0.4) is 0 Å². The average Bonchev–Trinajstić information content (AvgIpc) is 3.04. The number of hydrogen-bond donors (Lipinski definition) is 6. The number of aliphatic hydroxyl groups is 2. The van der Waals surface area contributed by atoms with Gasteiger partial charge in [0.25, 0.3) is 0 Å². The zero-order valence-corrected chi connectivity index (χ0v) is 15.8. The molecule has 1 saturated heterocycles. The summed E-state index contributed by atoms with van der Waals surface area (Å²) in [5, 5.41) is 37.1. The van der Waals surface area contributed by atoms with Crippen LogP contribution in [0.15, 0.2) is 12.7 Å². The summed E-state index contributed by atoms with van der Waals surface area (Å²) in [5.41, 5.74) is -0.202. The van der Waals surface area contributed by atoms with Gasteiger partial charge in [0.05, 0.1) is 12.9 Å². The normalized spacial score (nSPS) is 26.7. The van der Waals surface area contributed by atoms with Gasteiger partial charge in [0.2, 0.25) is 0 Å². The maximum Gasteiger partial charge on any atom is 1.00 e. The number of imidazole rings is 1. The first-order valence-corrected chi connectivity index (χ1v) is 8.12. The molecule has 6 N–H and O–H groups in total. The van der Waals surface area contributed by atoms with Gasteiger partial charge in [-0.2, -0.15) is 4.73 Å². The van der Waals surface area contributed by atoms with Gasteiger partial charge in [-0.15, -0.1) is 0 Å². The van der Waals surface area contributed by atoms with Crippen LogP contribution in [0.2, 0.25) is 0 Å². The number of fused-ring (bicyclic) bond motifs is 1. The van der Waals surface area contributed by atoms with Crippen molar-refractivity contribution in [2.45, 2.75) is 24.5 Å². The number of phosphoric ester groups is 1. The molecule has 0 radical (unpaired) electrons. The minimum absolute atomic E-state index is 0. The molecular weight excluding hydrogens is 372 g/mol. The van der Waals surface area contributed by atoms with Crippen molar-refractivity contribution in [3.8, 4) is 0 Å². The van der Waals surface area contributed by atoms with Crippen molar-refractivity contribution in [1.29, 1.82) is 5.41 Å². The number of aliphatic hydroxyl groups excluding tert-OH is 2. The topological polar surface area (TPSA) is 196 Å². The number of rotatable bonds is 4. The molecule has 3 heterocycles. The fourth-order valence-electron chi connectivity index (χ4n) is 2.38. The monoisotopic (exact) mass is 387 g/mol. The molecule has 1 aliphatic heterocycles. The fourth-order valence-corrected chi connectivity index (χ4v) is 2.72. The van der Waals surface area contributed by atoms with E-state index < -0.39 is 39.0 Å². The summed E-state index contributed by atoms with van der Waals surface area (Å²) in [7, 11) is -4.76. The first-order valence-electron chi connectivity index (χ1n) is 6.59. The molecule has 2 aromatic rings. The van der Waals surface area contributed by atoms with E-state index in [0.717, 1.165) is 6.33 Å². The Morgan fingerprint density at radius 3 is 2.64 bits per heavy atom. The summed E-state index contributed by atoms with van der Waals surface area (Å²) in [6.07, 6.45) is -3.14. The molecule has 25 heavy (non-hydrogen) atoms. The average molecular weight is 387 g/mol. The van der Waals surface area contributed by atoms with Gasteiger partial charge in [-0.05, 0) is 0 Å². The van der Waals surface area contributed by atoms with E-state index >= 15 is 0 Å². The summed E-state index contributed by atoms with van der Waals surface area (Å²) in [4.78, 5) is 25.2. The Balaban J connectivity index is 0.00000169. The fraction of sp³-hybridized carbons (Fsp3) is 0.500. The predicted octanol–water partition coefficient (Wildman–Crippen LogP) is -5.21. The molecule has 0 amide bonds. The molecule has 13 nitrogen and oxygen atoms in total. The summed E-state index contributed by atoms with van der Waals surface area (Å²) in [6, 6.07) is 0. The van der Waals surface area contributed by atoms with Gasteiger partial charge in [0, 0.05) is 0 Å². The van der Waals surface area contributed by atoms with Crippen molar-refractivity contribution in [1.82, 2.24) is 19.3 Å².